The van der Waals surface area contributed by atoms with Gasteiger partial charge in [-0.3, -0.25) is 4.90 Å². The molecule has 164 valence electrons. The number of nitrogens with two attached hydrogens (primary N) is 1. The highest BCUT2D eigenvalue weighted by molar-refractivity contribution is 5.86. The molecule has 2 aromatic rings. The summed E-state index contributed by atoms with van der Waals surface area (Å²) in [6, 6.07) is 15.4. The van der Waals surface area contributed by atoms with Crippen LogP contribution in [0.4, 0.5) is 11.4 Å². The van der Waals surface area contributed by atoms with Gasteiger partial charge in [0.15, 0.2) is 0 Å². The smallest absolute Gasteiger partial charge is 0.121 e. The average molecular weight is 467 g/mol. The molecular formula is C20H30Cl3N3O3. The van der Waals surface area contributed by atoms with E-state index in [9.17, 15) is 5.11 Å². The highest BCUT2D eigenvalue weighted by atomic mass is 35.5. The molecule has 3 rings (SSSR count). The first-order chi connectivity index (χ1) is 12.6. The van der Waals surface area contributed by atoms with E-state index < -0.39 is 6.10 Å². The highest BCUT2D eigenvalue weighted by Gasteiger charge is 2.20. The standard InChI is InChI=1S/C20H27N3O3.3ClH/c1-25-19-6-3-5-17(13-19)23-10-8-22(9-11-23)14-18(24)15-26-20-7-2-4-16(21)12-20;;;/h2-7,12-13,18,24H,8-11,14-15,21H2,1H3;3*1H. The Balaban J connectivity index is 0.00000261. The lowest BCUT2D eigenvalue weighted by Gasteiger charge is -2.37. The van der Waals surface area contributed by atoms with E-state index in [0.717, 1.165) is 31.9 Å². The molecule has 0 aliphatic carbocycles. The maximum atomic E-state index is 10.3. The number of nitrogens with zero attached hydrogens (tertiary/aromatic N) is 2. The molecule has 0 saturated carbocycles. The number of methoxy groups -OCH3 is 1. The van der Waals surface area contributed by atoms with Crippen LogP contribution in [0.15, 0.2) is 48.5 Å². The fourth-order valence-corrected chi connectivity index (χ4v) is 3.14. The molecule has 1 saturated heterocycles. The molecule has 3 N–H and O–H groups in total. The van der Waals surface area contributed by atoms with Crippen molar-refractivity contribution in [2.75, 3.05) is 57.1 Å². The minimum atomic E-state index is -0.528. The van der Waals surface area contributed by atoms with E-state index in [1.54, 1.807) is 13.2 Å². The van der Waals surface area contributed by atoms with Crippen LogP contribution in [0.5, 0.6) is 11.5 Å². The first-order valence-electron chi connectivity index (χ1n) is 8.92. The predicted octanol–water partition coefficient (Wildman–Crippen LogP) is 3.10. The second-order valence-corrected chi connectivity index (χ2v) is 6.53. The Morgan fingerprint density at radius 3 is 2.28 bits per heavy atom. The number of aliphatic hydroxyl groups excluding tert-OH is 1. The SMILES string of the molecule is COc1cccc(N2CCN(CC(O)COc3cccc(N)c3)CC2)c1.Cl.Cl.Cl. The van der Waals surface area contributed by atoms with Crippen LogP contribution in [0.3, 0.4) is 0 Å². The van der Waals surface area contributed by atoms with Gasteiger partial charge in [-0.1, -0.05) is 12.1 Å². The molecule has 1 heterocycles. The summed E-state index contributed by atoms with van der Waals surface area (Å²) in [5.41, 5.74) is 7.56. The van der Waals surface area contributed by atoms with Crippen molar-refractivity contribution in [1.82, 2.24) is 4.90 Å². The summed E-state index contributed by atoms with van der Waals surface area (Å²) in [5.74, 6) is 1.56. The summed E-state index contributed by atoms with van der Waals surface area (Å²) in [4.78, 5) is 4.61. The molecule has 0 amide bonds. The summed E-state index contributed by atoms with van der Waals surface area (Å²) >= 11 is 0. The first-order valence-corrected chi connectivity index (χ1v) is 8.92. The lowest BCUT2D eigenvalue weighted by atomic mass is 10.2. The van der Waals surface area contributed by atoms with Crippen LogP contribution < -0.4 is 20.1 Å². The topological polar surface area (TPSA) is 71.2 Å². The summed E-state index contributed by atoms with van der Waals surface area (Å²) in [6.45, 7) is 4.54. The van der Waals surface area contributed by atoms with Gasteiger partial charge in [0.05, 0.1) is 7.11 Å². The average Bonchev–Trinajstić information content (AvgIpc) is 2.67. The van der Waals surface area contributed by atoms with Crippen LogP contribution in [0.2, 0.25) is 0 Å². The van der Waals surface area contributed by atoms with Crippen LogP contribution in [0, 0.1) is 0 Å². The normalized spacial score (nSPS) is 14.6. The monoisotopic (exact) mass is 465 g/mol. The van der Waals surface area contributed by atoms with Crippen LogP contribution in [0.25, 0.3) is 0 Å². The van der Waals surface area contributed by atoms with Gasteiger partial charge in [-0.25, -0.2) is 0 Å². The van der Waals surface area contributed by atoms with Gasteiger partial charge in [0.2, 0.25) is 0 Å². The molecule has 29 heavy (non-hydrogen) atoms. The van der Waals surface area contributed by atoms with Gasteiger partial charge in [-0.2, -0.15) is 0 Å². The Bertz CT molecular complexity index is 716. The molecule has 2 aromatic carbocycles. The lowest BCUT2D eigenvalue weighted by molar-refractivity contribution is 0.0663. The second-order valence-electron chi connectivity index (χ2n) is 6.53. The summed E-state index contributed by atoms with van der Waals surface area (Å²) < 4.78 is 10.9. The number of benzene rings is 2. The third-order valence-corrected chi connectivity index (χ3v) is 4.56. The quantitative estimate of drug-likeness (QED) is 0.611. The molecule has 1 fully saturated rings. The maximum absolute atomic E-state index is 10.3. The van der Waals surface area contributed by atoms with E-state index in [2.05, 4.69) is 21.9 Å². The van der Waals surface area contributed by atoms with Crippen molar-refractivity contribution in [3.63, 3.8) is 0 Å². The molecule has 6 nitrogen and oxygen atoms in total. The van der Waals surface area contributed by atoms with Crippen molar-refractivity contribution in [3.8, 4) is 11.5 Å². The molecule has 1 aliphatic rings. The second kappa shape index (κ2) is 13.6. The van der Waals surface area contributed by atoms with Crippen LogP contribution in [-0.4, -0.2) is 62.6 Å². The van der Waals surface area contributed by atoms with Crippen molar-refractivity contribution in [2.45, 2.75) is 6.10 Å². The van der Waals surface area contributed by atoms with Crippen molar-refractivity contribution < 1.29 is 14.6 Å². The van der Waals surface area contributed by atoms with Crippen LogP contribution in [-0.2, 0) is 0 Å². The number of halogens is 3. The number of piperazine rings is 1. The predicted molar refractivity (Wildman–Crippen MR) is 126 cm³/mol. The molecule has 1 aliphatic heterocycles. The number of hydrogen-bond donors (Lipinski definition) is 2. The Morgan fingerprint density at radius 2 is 1.62 bits per heavy atom. The molecule has 1 unspecified atom stereocenters. The summed E-state index contributed by atoms with van der Waals surface area (Å²) in [7, 11) is 1.68. The lowest BCUT2D eigenvalue weighted by Crippen LogP contribution is -2.49. The third-order valence-electron chi connectivity index (χ3n) is 4.56. The molecule has 0 radical (unpaired) electrons. The van der Waals surface area contributed by atoms with Gasteiger partial charge >= 0.3 is 0 Å². The number of anilines is 2. The fraction of sp³-hybridized carbons (Fsp3) is 0.400. The van der Waals surface area contributed by atoms with Crippen molar-refractivity contribution in [2.24, 2.45) is 0 Å². The first kappa shape index (κ1) is 27.4. The maximum Gasteiger partial charge on any atom is 0.121 e. The summed E-state index contributed by atoms with van der Waals surface area (Å²) in [6.07, 6.45) is -0.528. The Labute approximate surface area is 191 Å². The van der Waals surface area contributed by atoms with Gasteiger partial charge in [0.25, 0.3) is 0 Å². The zero-order valence-corrected chi connectivity index (χ0v) is 18.8. The largest absolute Gasteiger partial charge is 0.497 e. The molecule has 0 bridgehead atoms. The number of hydrogen-bond acceptors (Lipinski definition) is 6. The van der Waals surface area contributed by atoms with Crippen molar-refractivity contribution in [1.29, 1.82) is 0 Å². The Hall–Kier alpha value is -1.57. The summed E-state index contributed by atoms with van der Waals surface area (Å²) in [5, 5.41) is 10.3. The Morgan fingerprint density at radius 1 is 0.966 bits per heavy atom. The third kappa shape index (κ3) is 8.36. The van der Waals surface area contributed by atoms with E-state index in [4.69, 9.17) is 15.2 Å². The molecule has 1 atom stereocenters. The number of rotatable bonds is 7. The minimum absolute atomic E-state index is 0. The van der Waals surface area contributed by atoms with Gasteiger partial charge < -0.3 is 25.2 Å². The van der Waals surface area contributed by atoms with Gasteiger partial charge in [-0.05, 0) is 24.3 Å². The molecule has 9 heteroatoms. The zero-order chi connectivity index (χ0) is 18.4. The van der Waals surface area contributed by atoms with Gasteiger partial charge in [-0.15, -0.1) is 37.2 Å². The molecule has 0 spiro atoms. The highest BCUT2D eigenvalue weighted by Crippen LogP contribution is 2.22. The fourth-order valence-electron chi connectivity index (χ4n) is 3.14. The van der Waals surface area contributed by atoms with E-state index in [0.29, 0.717) is 18.0 Å². The van der Waals surface area contributed by atoms with Crippen molar-refractivity contribution in [3.05, 3.63) is 48.5 Å². The van der Waals surface area contributed by atoms with Crippen LogP contribution >= 0.6 is 37.2 Å². The number of ether oxygens (including phenoxy) is 2. The van der Waals surface area contributed by atoms with Gasteiger partial charge in [0, 0.05) is 56.2 Å². The molecular weight excluding hydrogens is 437 g/mol. The van der Waals surface area contributed by atoms with Crippen molar-refractivity contribution >= 4 is 48.6 Å². The molecule has 0 aromatic heterocycles. The zero-order valence-electron chi connectivity index (χ0n) is 16.4. The number of aliphatic hydroxyl groups is 1. The van der Waals surface area contributed by atoms with E-state index >= 15 is 0 Å². The van der Waals surface area contributed by atoms with E-state index in [-0.39, 0.29) is 43.8 Å². The van der Waals surface area contributed by atoms with Crippen LogP contribution in [0.1, 0.15) is 0 Å². The van der Waals surface area contributed by atoms with E-state index in [1.165, 1.54) is 5.69 Å². The minimum Gasteiger partial charge on any atom is -0.497 e. The van der Waals surface area contributed by atoms with E-state index in [1.807, 2.05) is 30.3 Å². The number of nitrogen functional groups attached to an aromatic ring is 1. The van der Waals surface area contributed by atoms with Gasteiger partial charge in [0.1, 0.15) is 24.2 Å². The number of β-amino-alcohol motifs (C(OH)–C–C–N with tert-alkyl or cyclic N) is 1. The Kier molecular flexibility index (Phi) is 12.9.